The van der Waals surface area contributed by atoms with E-state index in [1.165, 1.54) is 16.8 Å². The maximum absolute atomic E-state index is 12.8. The number of hydrazone groups is 1. The number of aliphatic imine (C=N–C) groups is 1. The van der Waals surface area contributed by atoms with Crippen molar-refractivity contribution in [2.24, 2.45) is 16.0 Å². The first kappa shape index (κ1) is 22.1. The molecule has 2 aromatic rings. The molecule has 0 radical (unpaired) electrons. The summed E-state index contributed by atoms with van der Waals surface area (Å²) in [7, 11) is 1.66. The molecule has 4 rings (SSSR count). The summed E-state index contributed by atoms with van der Waals surface area (Å²) >= 11 is 1.37. The molecule has 2 aliphatic rings. The van der Waals surface area contributed by atoms with Crippen LogP contribution < -0.4 is 4.74 Å². The topological polar surface area (TPSA) is 83.0 Å². The predicted octanol–water partition coefficient (Wildman–Crippen LogP) is 5.08. The molecule has 0 bridgehead atoms. The Morgan fingerprint density at radius 3 is 2.66 bits per heavy atom. The second kappa shape index (κ2) is 8.43. The zero-order valence-electron chi connectivity index (χ0n) is 19.2. The maximum atomic E-state index is 12.8. The highest BCUT2D eigenvalue weighted by molar-refractivity contribution is 8.26. The van der Waals surface area contributed by atoms with Gasteiger partial charge in [-0.15, -0.1) is 0 Å². The molecule has 0 unspecified atom stereocenters. The minimum absolute atomic E-state index is 0.0594. The summed E-state index contributed by atoms with van der Waals surface area (Å²) in [5.74, 6) is 0.859. The van der Waals surface area contributed by atoms with Crippen LogP contribution in [0.4, 0.5) is 0 Å². The number of fused-ring (bicyclic) bond motifs is 1. The van der Waals surface area contributed by atoms with Crippen LogP contribution in [0.3, 0.4) is 0 Å². The molecule has 8 heteroatoms. The first-order valence-electron chi connectivity index (χ1n) is 10.5. The standard InChI is InChI=1S/C24H27N5O2S/c1-13(2)9-21-27-29-22(25)18(23(30)26-24(29)32-21)12-17-11-15(4)28(16(17)5)19-10-14(3)7-8-20(19)31-6/h7-8,10-13,25H,9H2,1-6H3. The fourth-order valence-electron chi connectivity index (χ4n) is 3.90. The van der Waals surface area contributed by atoms with E-state index in [0.717, 1.165) is 45.4 Å². The first-order valence-corrected chi connectivity index (χ1v) is 11.3. The zero-order valence-corrected chi connectivity index (χ0v) is 20.0. The molecule has 1 aromatic carbocycles. The van der Waals surface area contributed by atoms with Gasteiger partial charge in [0.15, 0.2) is 5.84 Å². The van der Waals surface area contributed by atoms with Crippen molar-refractivity contribution in [2.45, 2.75) is 41.0 Å². The molecule has 32 heavy (non-hydrogen) atoms. The summed E-state index contributed by atoms with van der Waals surface area (Å²) in [6.45, 7) is 10.3. The van der Waals surface area contributed by atoms with Crippen molar-refractivity contribution in [3.63, 3.8) is 0 Å². The number of thioether (sulfide) groups is 1. The highest BCUT2D eigenvalue weighted by atomic mass is 32.2. The average Bonchev–Trinajstić information content (AvgIpc) is 3.24. The number of carbonyl (C=O) groups excluding carboxylic acids is 1. The van der Waals surface area contributed by atoms with Crippen LogP contribution in [0.5, 0.6) is 5.75 Å². The number of carbonyl (C=O) groups is 1. The first-order chi connectivity index (χ1) is 15.2. The van der Waals surface area contributed by atoms with Crippen LogP contribution in [0.25, 0.3) is 11.8 Å². The minimum Gasteiger partial charge on any atom is -0.495 e. The highest BCUT2D eigenvalue weighted by Crippen LogP contribution is 2.33. The van der Waals surface area contributed by atoms with Crippen molar-refractivity contribution in [2.75, 3.05) is 7.11 Å². The quantitative estimate of drug-likeness (QED) is 0.646. The van der Waals surface area contributed by atoms with Crippen molar-refractivity contribution in [3.8, 4) is 11.4 Å². The Labute approximate surface area is 192 Å². The summed E-state index contributed by atoms with van der Waals surface area (Å²) in [6, 6.07) is 8.05. The number of rotatable bonds is 5. The summed E-state index contributed by atoms with van der Waals surface area (Å²) < 4.78 is 7.68. The number of hydrogen-bond donors (Lipinski definition) is 1. The van der Waals surface area contributed by atoms with Crippen molar-refractivity contribution < 1.29 is 9.53 Å². The monoisotopic (exact) mass is 449 g/mol. The van der Waals surface area contributed by atoms with E-state index in [4.69, 9.17) is 10.1 Å². The van der Waals surface area contributed by atoms with Crippen molar-refractivity contribution in [3.05, 3.63) is 52.4 Å². The number of ether oxygens (including phenoxy) is 1. The molecule has 1 N–H and O–H groups in total. The van der Waals surface area contributed by atoms with Gasteiger partial charge in [-0.25, -0.2) is 0 Å². The van der Waals surface area contributed by atoms with Crippen LogP contribution in [0.1, 0.15) is 42.8 Å². The third-order valence-corrected chi connectivity index (χ3v) is 6.36. The van der Waals surface area contributed by atoms with E-state index in [1.807, 2.05) is 39.0 Å². The number of benzene rings is 1. The third kappa shape index (κ3) is 3.90. The summed E-state index contributed by atoms with van der Waals surface area (Å²) in [4.78, 5) is 17.0. The van der Waals surface area contributed by atoms with E-state index in [1.54, 1.807) is 13.2 Å². The van der Waals surface area contributed by atoms with E-state index in [0.29, 0.717) is 11.1 Å². The number of amidine groups is 2. The molecule has 0 fully saturated rings. The lowest BCUT2D eigenvalue weighted by Crippen LogP contribution is -2.35. The Kier molecular flexibility index (Phi) is 5.81. The van der Waals surface area contributed by atoms with Gasteiger partial charge >= 0.3 is 0 Å². The molecule has 0 saturated carbocycles. The fourth-order valence-corrected chi connectivity index (χ4v) is 5.00. The van der Waals surface area contributed by atoms with Gasteiger partial charge < -0.3 is 9.30 Å². The number of hydrogen-bond acceptors (Lipinski definition) is 5. The third-order valence-electron chi connectivity index (χ3n) is 5.42. The van der Waals surface area contributed by atoms with Crippen LogP contribution in [-0.4, -0.2) is 38.6 Å². The van der Waals surface area contributed by atoms with Crippen molar-refractivity contribution >= 4 is 39.8 Å². The van der Waals surface area contributed by atoms with Gasteiger partial charge in [0.05, 0.1) is 18.4 Å². The Bertz CT molecular complexity index is 1220. The number of nitrogens with zero attached hydrogens (tertiary/aromatic N) is 4. The number of aromatic nitrogens is 1. The van der Waals surface area contributed by atoms with E-state index in [2.05, 4.69) is 34.6 Å². The van der Waals surface area contributed by atoms with Crippen LogP contribution in [0.2, 0.25) is 0 Å². The molecule has 0 spiro atoms. The zero-order chi connectivity index (χ0) is 23.2. The molecule has 3 heterocycles. The molecule has 7 nitrogen and oxygen atoms in total. The van der Waals surface area contributed by atoms with Crippen molar-refractivity contribution in [1.29, 1.82) is 5.41 Å². The number of methoxy groups -OCH3 is 1. The lowest BCUT2D eigenvalue weighted by Gasteiger charge is -2.20. The number of nitrogens with one attached hydrogen (secondary N) is 1. The normalized spacial score (nSPS) is 17.2. The summed E-state index contributed by atoms with van der Waals surface area (Å²) in [5.41, 5.74) is 5.12. The minimum atomic E-state index is -0.410. The van der Waals surface area contributed by atoms with Crippen LogP contribution in [-0.2, 0) is 4.79 Å². The van der Waals surface area contributed by atoms with E-state index < -0.39 is 5.91 Å². The predicted molar refractivity (Wildman–Crippen MR) is 131 cm³/mol. The fraction of sp³-hybridized carbons (Fsp3) is 0.333. The second-order valence-electron chi connectivity index (χ2n) is 8.45. The molecule has 166 valence electrons. The molecule has 2 aliphatic heterocycles. The maximum Gasteiger partial charge on any atom is 0.283 e. The Balaban J connectivity index is 1.74. The lowest BCUT2D eigenvalue weighted by atomic mass is 10.1. The number of aryl methyl sites for hydroxylation is 2. The second-order valence-corrected chi connectivity index (χ2v) is 9.49. The van der Waals surface area contributed by atoms with Gasteiger partial charge in [-0.05, 0) is 73.9 Å². The van der Waals surface area contributed by atoms with Crippen LogP contribution >= 0.6 is 11.8 Å². The molecule has 1 aromatic heterocycles. The number of amides is 1. The van der Waals surface area contributed by atoms with Gasteiger partial charge in [0.2, 0.25) is 5.17 Å². The van der Waals surface area contributed by atoms with Gasteiger partial charge in [0.25, 0.3) is 5.91 Å². The van der Waals surface area contributed by atoms with Gasteiger partial charge in [0, 0.05) is 17.8 Å². The average molecular weight is 450 g/mol. The summed E-state index contributed by atoms with van der Waals surface area (Å²) in [6.07, 6.45) is 2.53. The van der Waals surface area contributed by atoms with E-state index >= 15 is 0 Å². The SMILES string of the molecule is COc1ccc(C)cc1-n1c(C)cc(C=C2C(=N)N3N=C(CC(C)C)SC3=NC2=O)c1C. The van der Waals surface area contributed by atoms with Gasteiger partial charge in [0.1, 0.15) is 10.8 Å². The largest absolute Gasteiger partial charge is 0.495 e. The van der Waals surface area contributed by atoms with Crippen LogP contribution in [0.15, 0.2) is 39.9 Å². The molecule has 0 saturated heterocycles. The van der Waals surface area contributed by atoms with E-state index in [9.17, 15) is 4.79 Å². The van der Waals surface area contributed by atoms with Crippen molar-refractivity contribution in [1.82, 2.24) is 9.58 Å². The lowest BCUT2D eigenvalue weighted by molar-refractivity contribution is -0.114. The van der Waals surface area contributed by atoms with E-state index in [-0.39, 0.29) is 11.4 Å². The Morgan fingerprint density at radius 1 is 1.22 bits per heavy atom. The Morgan fingerprint density at radius 2 is 1.97 bits per heavy atom. The van der Waals surface area contributed by atoms with Gasteiger partial charge in [-0.2, -0.15) is 15.1 Å². The van der Waals surface area contributed by atoms with Crippen LogP contribution in [0, 0.1) is 32.1 Å². The highest BCUT2D eigenvalue weighted by Gasteiger charge is 2.35. The molecular formula is C24H27N5O2S. The smallest absolute Gasteiger partial charge is 0.283 e. The van der Waals surface area contributed by atoms with Gasteiger partial charge in [-0.3, -0.25) is 10.2 Å². The Hall–Kier alpha value is -3.13. The molecule has 0 aliphatic carbocycles. The molecule has 1 amide bonds. The molecule has 0 atom stereocenters. The van der Waals surface area contributed by atoms with Gasteiger partial charge in [-0.1, -0.05) is 19.9 Å². The molecular weight excluding hydrogens is 422 g/mol. The summed E-state index contributed by atoms with van der Waals surface area (Å²) in [5, 5.41) is 16.0.